The minimum Gasteiger partial charge on any atom is -0.462 e. The molecule has 1 fully saturated rings. The minimum absolute atomic E-state index is 0.211. The average Bonchev–Trinajstić information content (AvgIpc) is 2.79. The van der Waals surface area contributed by atoms with E-state index < -0.39 is 0 Å². The summed E-state index contributed by atoms with van der Waals surface area (Å²) in [5.41, 5.74) is 1.63. The molecule has 3 nitrogen and oxygen atoms in total. The molecule has 0 amide bonds. The molecule has 2 aromatic rings. The maximum atomic E-state index is 13.7. The molecule has 0 bridgehead atoms. The van der Waals surface area contributed by atoms with Crippen molar-refractivity contribution in [2.45, 2.75) is 25.9 Å². The largest absolute Gasteiger partial charge is 0.462 e. The summed E-state index contributed by atoms with van der Waals surface area (Å²) in [6.07, 6.45) is 1.61. The molecule has 0 radical (unpaired) electrons. The first-order valence-corrected chi connectivity index (χ1v) is 6.32. The van der Waals surface area contributed by atoms with Gasteiger partial charge in [0, 0.05) is 36.6 Å². The third-order valence-electron chi connectivity index (χ3n) is 3.57. The first-order chi connectivity index (χ1) is 8.65. The Bertz CT molecular complexity index is 566. The second kappa shape index (κ2) is 4.28. The van der Waals surface area contributed by atoms with Gasteiger partial charge in [-0.3, -0.25) is 0 Å². The molecule has 2 atom stereocenters. The van der Waals surface area contributed by atoms with E-state index in [1.54, 1.807) is 18.4 Å². The highest BCUT2D eigenvalue weighted by atomic mass is 19.1. The minimum atomic E-state index is -0.211. The van der Waals surface area contributed by atoms with Gasteiger partial charge in [0.2, 0.25) is 0 Å². The number of halogens is 1. The number of piperazine rings is 1. The second-order valence-corrected chi connectivity index (χ2v) is 5.07. The van der Waals surface area contributed by atoms with Gasteiger partial charge in [-0.05, 0) is 26.0 Å². The summed E-state index contributed by atoms with van der Waals surface area (Å²) in [5, 5.41) is 4.24. The fourth-order valence-electron chi connectivity index (χ4n) is 2.60. The molecule has 0 spiro atoms. The molecule has 1 aromatic carbocycles. The van der Waals surface area contributed by atoms with Crippen LogP contribution >= 0.6 is 0 Å². The Labute approximate surface area is 106 Å². The quantitative estimate of drug-likeness (QED) is 0.841. The molecule has 0 aliphatic carbocycles. The zero-order valence-electron chi connectivity index (χ0n) is 10.6. The number of hydrogen-bond acceptors (Lipinski definition) is 3. The van der Waals surface area contributed by atoms with Crippen molar-refractivity contribution < 1.29 is 8.81 Å². The summed E-state index contributed by atoms with van der Waals surface area (Å²) < 4.78 is 19.2. The number of nitrogens with one attached hydrogen (secondary N) is 1. The summed E-state index contributed by atoms with van der Waals surface area (Å²) in [5.74, 6) is -0.211. The molecule has 1 saturated heterocycles. The van der Waals surface area contributed by atoms with Gasteiger partial charge >= 0.3 is 0 Å². The normalized spacial score (nSPS) is 24.7. The average molecular weight is 248 g/mol. The Kier molecular flexibility index (Phi) is 2.74. The van der Waals surface area contributed by atoms with Crippen LogP contribution in [0.3, 0.4) is 0 Å². The summed E-state index contributed by atoms with van der Waals surface area (Å²) in [4.78, 5) is 2.22. The van der Waals surface area contributed by atoms with E-state index in [0.717, 1.165) is 29.7 Å². The predicted molar refractivity (Wildman–Crippen MR) is 70.4 cm³/mol. The van der Waals surface area contributed by atoms with Crippen LogP contribution in [0.2, 0.25) is 0 Å². The van der Waals surface area contributed by atoms with Crippen LogP contribution in [0.25, 0.3) is 11.0 Å². The van der Waals surface area contributed by atoms with E-state index in [1.807, 2.05) is 0 Å². The van der Waals surface area contributed by atoms with Gasteiger partial charge in [0.15, 0.2) is 5.58 Å². The maximum Gasteiger partial charge on any atom is 0.157 e. The molecule has 1 N–H and O–H groups in total. The predicted octanol–water partition coefficient (Wildman–Crippen LogP) is 2.76. The third-order valence-corrected chi connectivity index (χ3v) is 3.57. The maximum absolute atomic E-state index is 13.7. The van der Waals surface area contributed by atoms with E-state index >= 15 is 0 Å². The van der Waals surface area contributed by atoms with Crippen molar-refractivity contribution in [1.82, 2.24) is 5.32 Å². The molecule has 1 aliphatic rings. The molecule has 4 heteroatoms. The summed E-state index contributed by atoms with van der Waals surface area (Å²) >= 11 is 0. The standard InChI is InChI=1S/C14H17FN2O/c1-9-8-17(10(2)7-16-9)13-6-12(15)5-11-3-4-18-14(11)13/h3-6,9-10,16H,7-8H2,1-2H3/t9-,10-/m0/s1. The van der Waals surface area contributed by atoms with Gasteiger partial charge in [0.05, 0.1) is 12.0 Å². The first kappa shape index (κ1) is 11.5. The van der Waals surface area contributed by atoms with Crippen molar-refractivity contribution in [3.8, 4) is 0 Å². The molecule has 96 valence electrons. The van der Waals surface area contributed by atoms with E-state index in [4.69, 9.17) is 4.42 Å². The number of furan rings is 1. The van der Waals surface area contributed by atoms with Crippen molar-refractivity contribution >= 4 is 16.7 Å². The van der Waals surface area contributed by atoms with E-state index in [1.165, 1.54) is 6.07 Å². The number of rotatable bonds is 1. The Hall–Kier alpha value is -1.55. The van der Waals surface area contributed by atoms with Gasteiger partial charge in [-0.25, -0.2) is 4.39 Å². The second-order valence-electron chi connectivity index (χ2n) is 5.07. The van der Waals surface area contributed by atoms with E-state index in [0.29, 0.717) is 12.1 Å². The van der Waals surface area contributed by atoms with Crippen LogP contribution in [0, 0.1) is 5.82 Å². The summed E-state index contributed by atoms with van der Waals surface area (Å²) in [6.45, 7) is 6.04. The fraction of sp³-hybridized carbons (Fsp3) is 0.429. The highest BCUT2D eigenvalue weighted by Gasteiger charge is 2.25. The van der Waals surface area contributed by atoms with Crippen LogP contribution in [0.1, 0.15) is 13.8 Å². The highest BCUT2D eigenvalue weighted by Crippen LogP contribution is 2.31. The zero-order valence-corrected chi connectivity index (χ0v) is 10.6. The molecule has 1 aliphatic heterocycles. The van der Waals surface area contributed by atoms with Gasteiger partial charge < -0.3 is 14.6 Å². The van der Waals surface area contributed by atoms with Gasteiger partial charge in [-0.2, -0.15) is 0 Å². The highest BCUT2D eigenvalue weighted by molar-refractivity contribution is 5.89. The Morgan fingerprint density at radius 3 is 3.06 bits per heavy atom. The van der Waals surface area contributed by atoms with Crippen LogP contribution in [-0.4, -0.2) is 25.2 Å². The van der Waals surface area contributed by atoms with Crippen LogP contribution in [0.4, 0.5) is 10.1 Å². The smallest absolute Gasteiger partial charge is 0.157 e. The van der Waals surface area contributed by atoms with Crippen molar-refractivity contribution in [3.63, 3.8) is 0 Å². The molecule has 3 rings (SSSR count). The van der Waals surface area contributed by atoms with E-state index in [-0.39, 0.29) is 5.82 Å². The Morgan fingerprint density at radius 2 is 2.22 bits per heavy atom. The van der Waals surface area contributed by atoms with E-state index in [9.17, 15) is 4.39 Å². The van der Waals surface area contributed by atoms with Crippen LogP contribution in [0.5, 0.6) is 0 Å². The Morgan fingerprint density at radius 1 is 1.39 bits per heavy atom. The Balaban J connectivity index is 2.09. The van der Waals surface area contributed by atoms with Crippen molar-refractivity contribution in [2.24, 2.45) is 0 Å². The van der Waals surface area contributed by atoms with Gasteiger partial charge in [0.1, 0.15) is 5.82 Å². The first-order valence-electron chi connectivity index (χ1n) is 6.32. The van der Waals surface area contributed by atoms with Gasteiger partial charge in [-0.1, -0.05) is 0 Å². The molecule has 1 aromatic heterocycles. The monoisotopic (exact) mass is 248 g/mol. The zero-order chi connectivity index (χ0) is 12.7. The third kappa shape index (κ3) is 1.86. The lowest BCUT2D eigenvalue weighted by Crippen LogP contribution is -2.54. The molecule has 2 heterocycles. The molecule has 0 unspecified atom stereocenters. The van der Waals surface area contributed by atoms with Gasteiger partial charge in [0.25, 0.3) is 0 Å². The molecular weight excluding hydrogens is 231 g/mol. The lowest BCUT2D eigenvalue weighted by molar-refractivity contribution is 0.424. The van der Waals surface area contributed by atoms with Gasteiger partial charge in [-0.15, -0.1) is 0 Å². The topological polar surface area (TPSA) is 28.4 Å². The van der Waals surface area contributed by atoms with Crippen molar-refractivity contribution in [1.29, 1.82) is 0 Å². The number of anilines is 1. The summed E-state index contributed by atoms with van der Waals surface area (Å²) in [6, 6.07) is 5.61. The number of nitrogens with zero attached hydrogens (tertiary/aromatic N) is 1. The number of hydrogen-bond donors (Lipinski definition) is 1. The van der Waals surface area contributed by atoms with Crippen molar-refractivity contribution in [2.75, 3.05) is 18.0 Å². The van der Waals surface area contributed by atoms with Crippen LogP contribution in [-0.2, 0) is 0 Å². The fourth-order valence-corrected chi connectivity index (χ4v) is 2.60. The number of fused-ring (bicyclic) bond motifs is 1. The van der Waals surface area contributed by atoms with Crippen molar-refractivity contribution in [3.05, 3.63) is 30.3 Å². The van der Waals surface area contributed by atoms with Crippen LogP contribution < -0.4 is 10.2 Å². The molecular formula is C14H17FN2O. The van der Waals surface area contributed by atoms with E-state index in [2.05, 4.69) is 24.1 Å². The number of benzene rings is 1. The summed E-state index contributed by atoms with van der Waals surface area (Å²) in [7, 11) is 0. The SMILES string of the molecule is C[C@H]1CN(c2cc(F)cc3ccoc23)[C@@H](C)CN1. The molecule has 18 heavy (non-hydrogen) atoms. The van der Waals surface area contributed by atoms with Crippen LogP contribution in [0.15, 0.2) is 28.9 Å². The lowest BCUT2D eigenvalue weighted by Gasteiger charge is -2.39. The molecule has 0 saturated carbocycles. The lowest BCUT2D eigenvalue weighted by atomic mass is 10.1.